The third-order valence-electron chi connectivity index (χ3n) is 4.70. The first-order valence-corrected chi connectivity index (χ1v) is 10.4. The molecule has 4 heterocycles. The minimum atomic E-state index is -0.493. The second-order valence-electron chi connectivity index (χ2n) is 7.23. The largest absolute Gasteiger partial charge is 0.323 e. The molecular weight excluding hydrogens is 455 g/mol. The summed E-state index contributed by atoms with van der Waals surface area (Å²) < 4.78 is 1.63. The van der Waals surface area contributed by atoms with Gasteiger partial charge in [0, 0.05) is 6.07 Å². The SMILES string of the molecule is CN[C@H](c1c(NC(=O)Nc2cnc(-n3nccn3)c(Cl)c2)cnc2cc(Cl)nn12)C(C)C. The Labute approximate surface area is 193 Å². The van der Waals surface area contributed by atoms with Gasteiger partial charge >= 0.3 is 6.03 Å². The van der Waals surface area contributed by atoms with Gasteiger partial charge in [-0.05, 0) is 19.0 Å². The summed E-state index contributed by atoms with van der Waals surface area (Å²) in [5.74, 6) is 0.549. The standard InChI is InChI=1S/C19H20Cl2N10O/c1-10(2)16(22-3)17-13(9-23-15-7-14(21)29-30(15)17)28-19(32)27-11-6-12(20)18(24-8-11)31-25-4-5-26-31/h4-10,16,22H,1-3H3,(H2,27,28,32)/t16-/m0/s1. The molecule has 0 spiro atoms. The molecule has 32 heavy (non-hydrogen) atoms. The molecule has 0 bridgehead atoms. The lowest BCUT2D eigenvalue weighted by molar-refractivity contribution is 0.262. The van der Waals surface area contributed by atoms with E-state index in [1.54, 1.807) is 22.8 Å². The molecule has 0 aromatic carbocycles. The van der Waals surface area contributed by atoms with Gasteiger partial charge in [0.2, 0.25) is 0 Å². The van der Waals surface area contributed by atoms with Crippen molar-refractivity contribution in [3.05, 3.63) is 52.8 Å². The average molecular weight is 475 g/mol. The van der Waals surface area contributed by atoms with E-state index >= 15 is 0 Å². The Morgan fingerprint density at radius 2 is 1.81 bits per heavy atom. The molecule has 3 N–H and O–H groups in total. The van der Waals surface area contributed by atoms with Crippen molar-refractivity contribution >= 4 is 46.3 Å². The summed E-state index contributed by atoms with van der Waals surface area (Å²) in [4.78, 5) is 22.6. The van der Waals surface area contributed by atoms with Crippen LogP contribution in [0.25, 0.3) is 11.5 Å². The summed E-state index contributed by atoms with van der Waals surface area (Å²) in [7, 11) is 1.84. The molecule has 4 aromatic rings. The number of hydrogen-bond acceptors (Lipinski definition) is 7. The van der Waals surface area contributed by atoms with Crippen molar-refractivity contribution in [3.8, 4) is 5.82 Å². The molecule has 13 heteroatoms. The Kier molecular flexibility index (Phi) is 6.21. The van der Waals surface area contributed by atoms with Crippen LogP contribution in [-0.2, 0) is 0 Å². The van der Waals surface area contributed by atoms with Gasteiger partial charge in [-0.3, -0.25) is 0 Å². The summed E-state index contributed by atoms with van der Waals surface area (Å²) in [6.45, 7) is 4.12. The number of rotatable bonds is 6. The molecule has 0 aliphatic carbocycles. The van der Waals surface area contributed by atoms with Gasteiger partial charge in [-0.25, -0.2) is 19.3 Å². The highest BCUT2D eigenvalue weighted by Crippen LogP contribution is 2.29. The van der Waals surface area contributed by atoms with E-state index in [4.69, 9.17) is 23.2 Å². The number of aromatic nitrogens is 7. The number of anilines is 2. The third kappa shape index (κ3) is 4.35. The molecule has 1 atom stereocenters. The summed E-state index contributed by atoms with van der Waals surface area (Å²) in [6.07, 6.45) is 6.07. The van der Waals surface area contributed by atoms with Crippen molar-refractivity contribution in [1.82, 2.24) is 39.9 Å². The van der Waals surface area contributed by atoms with E-state index < -0.39 is 6.03 Å². The summed E-state index contributed by atoms with van der Waals surface area (Å²) in [5, 5.41) is 21.7. The van der Waals surface area contributed by atoms with Crippen molar-refractivity contribution in [2.75, 3.05) is 17.7 Å². The van der Waals surface area contributed by atoms with Crippen molar-refractivity contribution in [2.24, 2.45) is 5.92 Å². The fraction of sp³-hybridized carbons (Fsp3) is 0.263. The molecule has 0 fully saturated rings. The van der Waals surface area contributed by atoms with Crippen LogP contribution in [0.1, 0.15) is 25.6 Å². The first-order valence-electron chi connectivity index (χ1n) is 9.69. The Bertz CT molecular complexity index is 1250. The molecule has 2 amide bonds. The van der Waals surface area contributed by atoms with Crippen molar-refractivity contribution in [3.63, 3.8) is 0 Å². The topological polar surface area (TPSA) is 127 Å². The van der Waals surface area contributed by atoms with E-state index in [0.29, 0.717) is 28.0 Å². The zero-order valence-corrected chi connectivity index (χ0v) is 18.9. The van der Waals surface area contributed by atoms with Gasteiger partial charge in [-0.1, -0.05) is 37.0 Å². The fourth-order valence-corrected chi connectivity index (χ4v) is 3.78. The van der Waals surface area contributed by atoms with E-state index in [0.717, 1.165) is 5.69 Å². The first kappa shape index (κ1) is 21.9. The van der Waals surface area contributed by atoms with Crippen LogP contribution in [0.5, 0.6) is 0 Å². The Morgan fingerprint density at radius 1 is 1.06 bits per heavy atom. The lowest BCUT2D eigenvalue weighted by Crippen LogP contribution is -2.28. The molecule has 0 saturated heterocycles. The molecule has 4 rings (SSSR count). The molecule has 0 aliphatic rings. The smallest absolute Gasteiger partial charge is 0.311 e. The second-order valence-corrected chi connectivity index (χ2v) is 8.03. The Balaban J connectivity index is 1.60. The zero-order valence-electron chi connectivity index (χ0n) is 17.4. The number of halogens is 2. The summed E-state index contributed by atoms with van der Waals surface area (Å²) in [6, 6.07) is 2.61. The third-order valence-corrected chi connectivity index (χ3v) is 5.16. The molecule has 166 valence electrons. The van der Waals surface area contributed by atoms with E-state index in [-0.39, 0.29) is 17.0 Å². The van der Waals surface area contributed by atoms with E-state index in [2.05, 4.69) is 55.1 Å². The average Bonchev–Trinajstić information content (AvgIpc) is 3.39. The van der Waals surface area contributed by atoms with Crippen LogP contribution in [-0.4, -0.2) is 47.7 Å². The van der Waals surface area contributed by atoms with Gasteiger partial charge in [-0.15, -0.1) is 4.80 Å². The maximum absolute atomic E-state index is 12.8. The normalized spacial score (nSPS) is 12.3. The quantitative estimate of drug-likeness (QED) is 0.389. The molecule has 0 unspecified atom stereocenters. The first-order chi connectivity index (χ1) is 15.4. The van der Waals surface area contributed by atoms with Crippen LogP contribution in [0.4, 0.5) is 16.2 Å². The van der Waals surface area contributed by atoms with Crippen LogP contribution in [0.2, 0.25) is 10.2 Å². The number of hydrogen-bond donors (Lipinski definition) is 3. The maximum Gasteiger partial charge on any atom is 0.323 e. The van der Waals surface area contributed by atoms with E-state index in [1.807, 2.05) is 7.05 Å². The Morgan fingerprint density at radius 3 is 2.47 bits per heavy atom. The van der Waals surface area contributed by atoms with Crippen molar-refractivity contribution in [1.29, 1.82) is 0 Å². The molecule has 0 saturated carbocycles. The highest BCUT2D eigenvalue weighted by atomic mass is 35.5. The number of carbonyl (C=O) groups excluding carboxylic acids is 1. The number of urea groups is 1. The van der Waals surface area contributed by atoms with Crippen LogP contribution in [0.3, 0.4) is 0 Å². The van der Waals surface area contributed by atoms with Crippen LogP contribution >= 0.6 is 23.2 Å². The minimum absolute atomic E-state index is 0.122. The van der Waals surface area contributed by atoms with Gasteiger partial charge < -0.3 is 16.0 Å². The van der Waals surface area contributed by atoms with E-state index in [9.17, 15) is 4.79 Å². The Hall–Kier alpha value is -3.28. The highest BCUT2D eigenvalue weighted by molar-refractivity contribution is 6.32. The monoisotopic (exact) mass is 474 g/mol. The number of fused-ring (bicyclic) bond motifs is 1. The second kappa shape index (κ2) is 9.07. The molecule has 0 aliphatic heterocycles. The number of nitrogens with zero attached hydrogens (tertiary/aromatic N) is 7. The maximum atomic E-state index is 12.8. The van der Waals surface area contributed by atoms with Crippen LogP contribution < -0.4 is 16.0 Å². The zero-order chi connectivity index (χ0) is 22.8. The highest BCUT2D eigenvalue weighted by Gasteiger charge is 2.23. The van der Waals surface area contributed by atoms with E-state index in [1.165, 1.54) is 23.4 Å². The number of pyridine rings is 1. The lowest BCUT2D eigenvalue weighted by atomic mass is 9.99. The van der Waals surface area contributed by atoms with Gasteiger partial charge in [0.25, 0.3) is 0 Å². The minimum Gasteiger partial charge on any atom is -0.311 e. The molecule has 11 nitrogen and oxygen atoms in total. The van der Waals surface area contributed by atoms with Crippen LogP contribution in [0.15, 0.2) is 36.9 Å². The number of carbonyl (C=O) groups is 1. The van der Waals surface area contributed by atoms with Gasteiger partial charge in [0.05, 0.1) is 52.9 Å². The molecular formula is C19H20Cl2N10O. The summed E-state index contributed by atoms with van der Waals surface area (Å²) in [5.41, 5.74) is 2.19. The predicted octanol–water partition coefficient (Wildman–Crippen LogP) is 3.57. The van der Waals surface area contributed by atoms with Crippen molar-refractivity contribution < 1.29 is 4.79 Å². The lowest BCUT2D eigenvalue weighted by Gasteiger charge is -2.24. The van der Waals surface area contributed by atoms with Gasteiger partial charge in [0.15, 0.2) is 16.6 Å². The predicted molar refractivity (Wildman–Crippen MR) is 121 cm³/mol. The summed E-state index contributed by atoms with van der Waals surface area (Å²) >= 11 is 12.4. The number of nitrogens with one attached hydrogen (secondary N) is 3. The molecule has 4 aromatic heterocycles. The molecule has 0 radical (unpaired) electrons. The van der Waals surface area contributed by atoms with Crippen molar-refractivity contribution in [2.45, 2.75) is 19.9 Å². The van der Waals surface area contributed by atoms with Gasteiger partial charge in [0.1, 0.15) is 0 Å². The fourth-order valence-electron chi connectivity index (χ4n) is 3.36. The van der Waals surface area contributed by atoms with Crippen LogP contribution in [0, 0.1) is 5.92 Å². The number of amides is 2. The van der Waals surface area contributed by atoms with Gasteiger partial charge in [-0.2, -0.15) is 15.3 Å².